The summed E-state index contributed by atoms with van der Waals surface area (Å²) in [5.41, 5.74) is 5.12. The molecule has 0 unspecified atom stereocenters. The Morgan fingerprint density at radius 1 is 0.946 bits per heavy atom. The van der Waals surface area contributed by atoms with Gasteiger partial charge in [-0.15, -0.1) is 0 Å². The van der Waals surface area contributed by atoms with Gasteiger partial charge in [-0.1, -0.05) is 30.3 Å². The Hall–Kier alpha value is -4.59. The fraction of sp³-hybridized carbons (Fsp3) is 0.207. The molecule has 0 bridgehead atoms. The fourth-order valence-corrected chi connectivity index (χ4v) is 4.01. The number of nitrogens with zero attached hydrogens (tertiary/aromatic N) is 3. The SMILES string of the molecule is COc1ccc(-c2nn(-c3ccccc3)cc2C(=O)N(C)CC(=O)Nc2cccc(C)c2C)cc1OC. The number of hydrogen-bond acceptors (Lipinski definition) is 5. The number of anilines is 1. The second kappa shape index (κ2) is 11.0. The molecule has 0 saturated carbocycles. The van der Waals surface area contributed by atoms with E-state index in [1.807, 2.05) is 68.4 Å². The Bertz CT molecular complexity index is 1430. The van der Waals surface area contributed by atoms with Crippen molar-refractivity contribution >= 4 is 17.5 Å². The number of aromatic nitrogens is 2. The molecule has 0 aliphatic heterocycles. The monoisotopic (exact) mass is 498 g/mol. The molecule has 4 aromatic rings. The van der Waals surface area contributed by atoms with E-state index in [-0.39, 0.29) is 18.4 Å². The van der Waals surface area contributed by atoms with Gasteiger partial charge in [-0.05, 0) is 61.4 Å². The van der Waals surface area contributed by atoms with Gasteiger partial charge < -0.3 is 19.7 Å². The summed E-state index contributed by atoms with van der Waals surface area (Å²) in [6, 6.07) is 20.6. The van der Waals surface area contributed by atoms with E-state index in [4.69, 9.17) is 14.6 Å². The Kier molecular flexibility index (Phi) is 7.57. The molecule has 0 radical (unpaired) electrons. The number of aryl methyl sites for hydroxylation is 1. The molecule has 190 valence electrons. The number of hydrogen-bond donors (Lipinski definition) is 1. The summed E-state index contributed by atoms with van der Waals surface area (Å²) in [6.45, 7) is 3.82. The summed E-state index contributed by atoms with van der Waals surface area (Å²) >= 11 is 0. The van der Waals surface area contributed by atoms with Crippen LogP contribution in [0.15, 0.2) is 72.9 Å². The van der Waals surface area contributed by atoms with Gasteiger partial charge in [0.2, 0.25) is 5.91 Å². The summed E-state index contributed by atoms with van der Waals surface area (Å²) in [7, 11) is 4.72. The molecule has 1 N–H and O–H groups in total. The van der Waals surface area contributed by atoms with E-state index < -0.39 is 0 Å². The molecule has 0 spiro atoms. The lowest BCUT2D eigenvalue weighted by Crippen LogP contribution is -2.35. The smallest absolute Gasteiger partial charge is 0.257 e. The lowest BCUT2D eigenvalue weighted by atomic mass is 10.1. The molecule has 4 rings (SSSR count). The first-order valence-corrected chi connectivity index (χ1v) is 11.8. The van der Waals surface area contributed by atoms with E-state index in [9.17, 15) is 9.59 Å². The highest BCUT2D eigenvalue weighted by atomic mass is 16.5. The second-order valence-electron chi connectivity index (χ2n) is 8.70. The van der Waals surface area contributed by atoms with Gasteiger partial charge in [-0.3, -0.25) is 9.59 Å². The highest BCUT2D eigenvalue weighted by Gasteiger charge is 2.24. The molecule has 1 heterocycles. The number of likely N-dealkylation sites (N-methyl/N-ethyl adjacent to an activating group) is 1. The topological polar surface area (TPSA) is 85.7 Å². The van der Waals surface area contributed by atoms with Crippen molar-refractivity contribution in [1.29, 1.82) is 0 Å². The fourth-order valence-electron chi connectivity index (χ4n) is 4.01. The van der Waals surface area contributed by atoms with Crippen LogP contribution < -0.4 is 14.8 Å². The second-order valence-corrected chi connectivity index (χ2v) is 8.70. The minimum absolute atomic E-state index is 0.117. The Labute approximate surface area is 216 Å². The van der Waals surface area contributed by atoms with Crippen molar-refractivity contribution in [2.75, 3.05) is 33.1 Å². The first kappa shape index (κ1) is 25.5. The van der Waals surface area contributed by atoms with Crippen molar-refractivity contribution in [1.82, 2.24) is 14.7 Å². The van der Waals surface area contributed by atoms with Crippen LogP contribution in [0.1, 0.15) is 21.5 Å². The van der Waals surface area contributed by atoms with E-state index in [2.05, 4.69) is 5.32 Å². The Morgan fingerprint density at radius 2 is 1.68 bits per heavy atom. The molecule has 2 amide bonds. The maximum atomic E-state index is 13.6. The minimum atomic E-state index is -0.330. The average Bonchev–Trinajstić information content (AvgIpc) is 3.36. The molecule has 8 nitrogen and oxygen atoms in total. The number of nitrogens with one attached hydrogen (secondary N) is 1. The molecule has 37 heavy (non-hydrogen) atoms. The minimum Gasteiger partial charge on any atom is -0.493 e. The van der Waals surface area contributed by atoms with Gasteiger partial charge in [0.1, 0.15) is 5.69 Å². The van der Waals surface area contributed by atoms with Crippen LogP contribution in [-0.4, -0.2) is 54.3 Å². The summed E-state index contributed by atoms with van der Waals surface area (Å²) in [5.74, 6) is 0.478. The summed E-state index contributed by atoms with van der Waals surface area (Å²) in [4.78, 5) is 27.8. The quantitative estimate of drug-likeness (QED) is 0.374. The molecule has 0 aliphatic rings. The van der Waals surface area contributed by atoms with Gasteiger partial charge in [0.05, 0.1) is 32.0 Å². The zero-order valence-electron chi connectivity index (χ0n) is 21.6. The van der Waals surface area contributed by atoms with E-state index in [1.54, 1.807) is 44.3 Å². The summed E-state index contributed by atoms with van der Waals surface area (Å²) in [5, 5.41) is 7.63. The van der Waals surface area contributed by atoms with E-state index in [0.717, 1.165) is 22.5 Å². The van der Waals surface area contributed by atoms with E-state index >= 15 is 0 Å². The molecule has 0 saturated heterocycles. The van der Waals surface area contributed by atoms with Gasteiger partial charge in [0.15, 0.2) is 11.5 Å². The van der Waals surface area contributed by atoms with Crippen LogP contribution in [0.2, 0.25) is 0 Å². The van der Waals surface area contributed by atoms with Gasteiger partial charge in [-0.2, -0.15) is 5.10 Å². The average molecular weight is 499 g/mol. The first-order chi connectivity index (χ1) is 17.8. The van der Waals surface area contributed by atoms with Crippen molar-refractivity contribution in [3.8, 4) is 28.4 Å². The zero-order valence-corrected chi connectivity index (χ0v) is 21.6. The lowest BCUT2D eigenvalue weighted by molar-refractivity contribution is -0.116. The van der Waals surface area contributed by atoms with Crippen LogP contribution >= 0.6 is 0 Å². The van der Waals surface area contributed by atoms with Gasteiger partial charge in [0.25, 0.3) is 5.91 Å². The predicted octanol–water partition coefficient (Wildman–Crippen LogP) is 4.88. The molecule has 0 atom stereocenters. The van der Waals surface area contributed by atoms with Gasteiger partial charge in [0, 0.05) is 24.5 Å². The standard InChI is InChI=1S/C29H30N4O4/c1-19-10-9-13-24(20(19)2)30-27(34)18-32(3)29(35)23-17-33(22-11-7-6-8-12-22)31-28(23)21-14-15-25(36-4)26(16-21)37-5/h6-17H,18H2,1-5H3,(H,30,34). The molecule has 3 aromatic carbocycles. The number of methoxy groups -OCH3 is 2. The number of carbonyl (C=O) groups excluding carboxylic acids is 2. The number of para-hydroxylation sites is 1. The van der Waals surface area contributed by atoms with Crippen LogP contribution in [0, 0.1) is 13.8 Å². The largest absolute Gasteiger partial charge is 0.493 e. The van der Waals surface area contributed by atoms with Crippen molar-refractivity contribution in [2.45, 2.75) is 13.8 Å². The van der Waals surface area contributed by atoms with Crippen molar-refractivity contribution < 1.29 is 19.1 Å². The summed E-state index contributed by atoms with van der Waals surface area (Å²) in [6.07, 6.45) is 1.68. The van der Waals surface area contributed by atoms with E-state index in [0.29, 0.717) is 28.3 Å². The molecular weight excluding hydrogens is 468 g/mol. The lowest BCUT2D eigenvalue weighted by Gasteiger charge is -2.18. The highest BCUT2D eigenvalue weighted by molar-refractivity contribution is 6.03. The Balaban J connectivity index is 1.65. The number of ether oxygens (including phenoxy) is 2. The normalized spacial score (nSPS) is 10.6. The van der Waals surface area contributed by atoms with Crippen LogP contribution in [0.4, 0.5) is 5.69 Å². The maximum absolute atomic E-state index is 13.6. The third-order valence-electron chi connectivity index (χ3n) is 6.23. The molecule has 8 heteroatoms. The number of amides is 2. The van der Waals surface area contributed by atoms with Crippen LogP contribution in [0.3, 0.4) is 0 Å². The third-order valence-corrected chi connectivity index (χ3v) is 6.23. The molecule has 1 aromatic heterocycles. The van der Waals surface area contributed by atoms with Crippen LogP contribution in [0.5, 0.6) is 11.5 Å². The van der Waals surface area contributed by atoms with Crippen molar-refractivity contribution in [3.63, 3.8) is 0 Å². The number of rotatable bonds is 8. The van der Waals surface area contributed by atoms with Gasteiger partial charge >= 0.3 is 0 Å². The predicted molar refractivity (Wildman–Crippen MR) is 144 cm³/mol. The highest BCUT2D eigenvalue weighted by Crippen LogP contribution is 2.33. The molecule has 0 aliphatic carbocycles. The van der Waals surface area contributed by atoms with E-state index in [1.165, 1.54) is 4.90 Å². The third kappa shape index (κ3) is 5.48. The van der Waals surface area contributed by atoms with Gasteiger partial charge in [-0.25, -0.2) is 4.68 Å². The number of carbonyl (C=O) groups is 2. The van der Waals surface area contributed by atoms with Crippen LogP contribution in [-0.2, 0) is 4.79 Å². The molecule has 0 fully saturated rings. The maximum Gasteiger partial charge on any atom is 0.257 e. The number of benzene rings is 3. The zero-order chi connectivity index (χ0) is 26.5. The molecular formula is C29H30N4O4. The van der Waals surface area contributed by atoms with Crippen LogP contribution in [0.25, 0.3) is 16.9 Å². The Morgan fingerprint density at radius 3 is 2.38 bits per heavy atom. The summed E-state index contributed by atoms with van der Waals surface area (Å²) < 4.78 is 12.5. The van der Waals surface area contributed by atoms with Crippen molar-refractivity contribution in [3.05, 3.63) is 89.6 Å². The first-order valence-electron chi connectivity index (χ1n) is 11.8. The van der Waals surface area contributed by atoms with Crippen molar-refractivity contribution in [2.24, 2.45) is 0 Å².